The van der Waals surface area contributed by atoms with Gasteiger partial charge in [0.05, 0.1) is 6.61 Å². The minimum atomic E-state index is -0.140. The molecule has 1 unspecified atom stereocenters. The first-order chi connectivity index (χ1) is 7.72. The number of rotatable bonds is 6. The zero-order chi connectivity index (χ0) is 12.0. The Bertz CT molecular complexity index is 326. The Morgan fingerprint density at radius 3 is 2.62 bits per heavy atom. The average molecular weight is 222 g/mol. The number of benzene rings is 1. The van der Waals surface area contributed by atoms with Gasteiger partial charge in [-0.25, -0.2) is 0 Å². The summed E-state index contributed by atoms with van der Waals surface area (Å²) in [7, 11) is 0. The molecule has 1 rings (SSSR count). The number of hydrogen-bond donors (Lipinski definition) is 2. The number of hydrogen-bond acceptors (Lipinski definition) is 3. The molecule has 0 bridgehead atoms. The second-order valence-electron chi connectivity index (χ2n) is 3.92. The highest BCUT2D eigenvalue weighted by Crippen LogP contribution is 2.25. The molecule has 0 aliphatic carbocycles. The van der Waals surface area contributed by atoms with E-state index in [1.54, 1.807) is 0 Å². The Labute approximate surface area is 97.8 Å². The first-order valence-electron chi connectivity index (χ1n) is 5.94. The maximum absolute atomic E-state index is 5.99. The van der Waals surface area contributed by atoms with Gasteiger partial charge in [0, 0.05) is 18.2 Å². The number of nitrogens with two attached hydrogens (primary N) is 2. The van der Waals surface area contributed by atoms with Crippen LogP contribution >= 0.6 is 0 Å². The average Bonchev–Trinajstić information content (AvgIpc) is 2.35. The lowest BCUT2D eigenvalue weighted by molar-refractivity contribution is 0.312. The molecule has 0 saturated heterocycles. The fourth-order valence-corrected chi connectivity index (χ4v) is 1.58. The van der Waals surface area contributed by atoms with Gasteiger partial charge >= 0.3 is 0 Å². The molecule has 0 heterocycles. The van der Waals surface area contributed by atoms with E-state index >= 15 is 0 Å². The Hall–Kier alpha value is -1.06. The van der Waals surface area contributed by atoms with E-state index < -0.39 is 0 Å². The molecule has 0 aliphatic heterocycles. The summed E-state index contributed by atoms with van der Waals surface area (Å²) in [4.78, 5) is 0. The molecule has 1 aromatic carbocycles. The summed E-state index contributed by atoms with van der Waals surface area (Å²) in [5, 5.41) is 0. The van der Waals surface area contributed by atoms with Crippen LogP contribution in [0.1, 0.15) is 37.4 Å². The highest BCUT2D eigenvalue weighted by molar-refractivity contribution is 5.39. The lowest BCUT2D eigenvalue weighted by Crippen LogP contribution is -2.21. The first kappa shape index (κ1) is 13.0. The minimum absolute atomic E-state index is 0.140. The molecule has 0 saturated carbocycles. The summed E-state index contributed by atoms with van der Waals surface area (Å²) in [6, 6.07) is 6.04. The molecular weight excluding hydrogens is 200 g/mol. The van der Waals surface area contributed by atoms with Gasteiger partial charge in [0.25, 0.3) is 0 Å². The lowest BCUT2D eigenvalue weighted by Gasteiger charge is -2.16. The van der Waals surface area contributed by atoms with Crippen LogP contribution in [0.15, 0.2) is 18.2 Å². The van der Waals surface area contributed by atoms with Crippen LogP contribution in [0.2, 0.25) is 0 Å². The molecular formula is C13H22N2O. The standard InChI is InChI=1S/C13H22N2O/c1-3-7-16-13-6-5-10(4-2)8-11(13)12(15)9-14/h5-6,8,12H,3-4,7,9,14-15H2,1-2H3. The molecule has 1 aromatic rings. The third kappa shape index (κ3) is 3.22. The van der Waals surface area contributed by atoms with Gasteiger partial charge in [-0.05, 0) is 24.5 Å². The largest absolute Gasteiger partial charge is 0.493 e. The number of aryl methyl sites for hydroxylation is 1. The second-order valence-corrected chi connectivity index (χ2v) is 3.92. The van der Waals surface area contributed by atoms with Crippen LogP contribution < -0.4 is 16.2 Å². The Morgan fingerprint density at radius 1 is 1.31 bits per heavy atom. The summed E-state index contributed by atoms with van der Waals surface area (Å²) in [6.45, 7) is 5.37. The number of ether oxygens (including phenoxy) is 1. The van der Waals surface area contributed by atoms with Gasteiger partial charge < -0.3 is 16.2 Å². The normalized spacial score (nSPS) is 12.5. The van der Waals surface area contributed by atoms with E-state index in [1.807, 2.05) is 6.07 Å². The van der Waals surface area contributed by atoms with Gasteiger partial charge in [-0.1, -0.05) is 26.0 Å². The minimum Gasteiger partial charge on any atom is -0.493 e. The van der Waals surface area contributed by atoms with E-state index in [9.17, 15) is 0 Å². The smallest absolute Gasteiger partial charge is 0.124 e. The molecule has 1 atom stereocenters. The van der Waals surface area contributed by atoms with Crippen molar-refractivity contribution >= 4 is 0 Å². The van der Waals surface area contributed by atoms with E-state index in [0.29, 0.717) is 6.54 Å². The van der Waals surface area contributed by atoms with E-state index in [-0.39, 0.29) is 6.04 Å². The second kappa shape index (κ2) is 6.51. The van der Waals surface area contributed by atoms with Crippen molar-refractivity contribution in [2.45, 2.75) is 32.7 Å². The van der Waals surface area contributed by atoms with Crippen LogP contribution in [0.3, 0.4) is 0 Å². The van der Waals surface area contributed by atoms with Gasteiger partial charge in [0.1, 0.15) is 5.75 Å². The van der Waals surface area contributed by atoms with Crippen LogP contribution in [0.4, 0.5) is 0 Å². The molecule has 0 amide bonds. The lowest BCUT2D eigenvalue weighted by atomic mass is 10.0. The highest BCUT2D eigenvalue weighted by Gasteiger charge is 2.11. The molecule has 90 valence electrons. The van der Waals surface area contributed by atoms with Crippen LogP contribution in [0.5, 0.6) is 5.75 Å². The van der Waals surface area contributed by atoms with Gasteiger partial charge in [0.2, 0.25) is 0 Å². The predicted octanol–water partition coefficient (Wildman–Crippen LogP) is 2.00. The van der Waals surface area contributed by atoms with E-state index in [2.05, 4.69) is 26.0 Å². The Kier molecular flexibility index (Phi) is 5.29. The van der Waals surface area contributed by atoms with Crippen molar-refractivity contribution in [2.75, 3.05) is 13.2 Å². The molecule has 0 spiro atoms. The summed E-state index contributed by atoms with van der Waals surface area (Å²) in [5.74, 6) is 0.872. The molecule has 3 nitrogen and oxygen atoms in total. The zero-order valence-corrected chi connectivity index (χ0v) is 10.2. The summed E-state index contributed by atoms with van der Waals surface area (Å²) >= 11 is 0. The van der Waals surface area contributed by atoms with Crippen LogP contribution in [-0.2, 0) is 6.42 Å². The molecule has 16 heavy (non-hydrogen) atoms. The molecule has 0 aromatic heterocycles. The summed E-state index contributed by atoms with van der Waals surface area (Å²) in [6.07, 6.45) is 1.99. The van der Waals surface area contributed by atoms with Crippen molar-refractivity contribution in [3.05, 3.63) is 29.3 Å². The Morgan fingerprint density at radius 2 is 2.06 bits per heavy atom. The van der Waals surface area contributed by atoms with Crippen molar-refractivity contribution in [3.8, 4) is 5.75 Å². The van der Waals surface area contributed by atoms with Crippen LogP contribution in [0.25, 0.3) is 0 Å². The fourth-order valence-electron chi connectivity index (χ4n) is 1.58. The monoisotopic (exact) mass is 222 g/mol. The fraction of sp³-hybridized carbons (Fsp3) is 0.538. The first-order valence-corrected chi connectivity index (χ1v) is 5.94. The zero-order valence-electron chi connectivity index (χ0n) is 10.2. The quantitative estimate of drug-likeness (QED) is 0.774. The highest BCUT2D eigenvalue weighted by atomic mass is 16.5. The Balaban J connectivity index is 2.96. The molecule has 4 N–H and O–H groups in total. The van der Waals surface area contributed by atoms with Crippen molar-refractivity contribution in [1.29, 1.82) is 0 Å². The maximum Gasteiger partial charge on any atom is 0.124 e. The molecule has 0 radical (unpaired) electrons. The van der Waals surface area contributed by atoms with E-state index in [0.717, 1.165) is 30.8 Å². The van der Waals surface area contributed by atoms with Gasteiger partial charge in [-0.2, -0.15) is 0 Å². The SMILES string of the molecule is CCCOc1ccc(CC)cc1C(N)CN. The van der Waals surface area contributed by atoms with Crippen LogP contribution in [-0.4, -0.2) is 13.2 Å². The predicted molar refractivity (Wildman–Crippen MR) is 67.6 cm³/mol. The topological polar surface area (TPSA) is 61.3 Å². The van der Waals surface area contributed by atoms with Gasteiger partial charge in [-0.15, -0.1) is 0 Å². The van der Waals surface area contributed by atoms with Crippen molar-refractivity contribution in [1.82, 2.24) is 0 Å². The van der Waals surface area contributed by atoms with Crippen molar-refractivity contribution in [2.24, 2.45) is 11.5 Å². The van der Waals surface area contributed by atoms with Gasteiger partial charge in [-0.3, -0.25) is 0 Å². The van der Waals surface area contributed by atoms with Gasteiger partial charge in [0.15, 0.2) is 0 Å². The van der Waals surface area contributed by atoms with Crippen LogP contribution in [0, 0.1) is 0 Å². The van der Waals surface area contributed by atoms with E-state index in [1.165, 1.54) is 5.56 Å². The van der Waals surface area contributed by atoms with Crippen molar-refractivity contribution in [3.63, 3.8) is 0 Å². The summed E-state index contributed by atoms with van der Waals surface area (Å²) in [5.41, 5.74) is 13.9. The molecule has 0 fully saturated rings. The van der Waals surface area contributed by atoms with E-state index in [4.69, 9.17) is 16.2 Å². The third-order valence-electron chi connectivity index (χ3n) is 2.60. The molecule has 0 aliphatic rings. The third-order valence-corrected chi connectivity index (χ3v) is 2.60. The van der Waals surface area contributed by atoms with Crippen molar-refractivity contribution < 1.29 is 4.74 Å². The maximum atomic E-state index is 5.99. The molecule has 3 heteroatoms. The summed E-state index contributed by atoms with van der Waals surface area (Å²) < 4.78 is 5.67.